The largest absolute Gasteiger partial charge is 0.491 e. The highest BCUT2D eigenvalue weighted by molar-refractivity contribution is 9.10. The van der Waals surface area contributed by atoms with Crippen molar-refractivity contribution >= 4 is 27.3 Å². The lowest BCUT2D eigenvalue weighted by Gasteiger charge is -2.13. The molecule has 2 rings (SSSR count). The highest BCUT2D eigenvalue weighted by Crippen LogP contribution is 2.19. The Morgan fingerprint density at radius 1 is 1.24 bits per heavy atom. The van der Waals surface area contributed by atoms with Crippen molar-refractivity contribution in [3.05, 3.63) is 50.1 Å². The highest BCUT2D eigenvalue weighted by Gasteiger charge is 2.06. The average Bonchev–Trinajstić information content (AvgIpc) is 2.81. The number of aliphatic hydroxyl groups excluding tert-OH is 1. The van der Waals surface area contributed by atoms with E-state index in [0.717, 1.165) is 16.8 Å². The van der Waals surface area contributed by atoms with Gasteiger partial charge in [0.2, 0.25) is 0 Å². The van der Waals surface area contributed by atoms with Gasteiger partial charge in [-0.25, -0.2) is 0 Å². The van der Waals surface area contributed by atoms with Gasteiger partial charge in [-0.3, -0.25) is 0 Å². The first-order valence-corrected chi connectivity index (χ1v) is 8.53. The molecule has 0 saturated heterocycles. The van der Waals surface area contributed by atoms with Crippen molar-refractivity contribution in [2.45, 2.75) is 26.5 Å². The molecule has 114 valence electrons. The molecule has 2 N–H and O–H groups in total. The molecule has 0 aliphatic rings. The first-order chi connectivity index (χ1) is 10.0. The van der Waals surface area contributed by atoms with Crippen LogP contribution in [0, 0.1) is 13.8 Å². The number of hydrogen-bond acceptors (Lipinski definition) is 4. The Hall–Kier alpha value is -0.880. The van der Waals surface area contributed by atoms with Crippen LogP contribution in [0.2, 0.25) is 0 Å². The van der Waals surface area contributed by atoms with Gasteiger partial charge in [-0.1, -0.05) is 6.07 Å². The summed E-state index contributed by atoms with van der Waals surface area (Å²) in [5.74, 6) is 0.814. The lowest BCUT2D eigenvalue weighted by molar-refractivity contribution is 0.106. The Kier molecular flexibility index (Phi) is 6.23. The molecule has 1 heterocycles. The van der Waals surface area contributed by atoms with E-state index < -0.39 is 6.10 Å². The number of aliphatic hydroxyl groups is 1. The predicted molar refractivity (Wildman–Crippen MR) is 91.1 cm³/mol. The normalized spacial score (nSPS) is 12.4. The summed E-state index contributed by atoms with van der Waals surface area (Å²) < 4.78 is 6.74. The van der Waals surface area contributed by atoms with Crippen molar-refractivity contribution in [1.82, 2.24) is 5.32 Å². The van der Waals surface area contributed by atoms with Crippen LogP contribution in [0.5, 0.6) is 5.75 Å². The minimum Gasteiger partial charge on any atom is -0.491 e. The quantitative estimate of drug-likeness (QED) is 0.782. The molecule has 0 bridgehead atoms. The molecule has 5 heteroatoms. The van der Waals surface area contributed by atoms with Crippen molar-refractivity contribution in [1.29, 1.82) is 0 Å². The molecule has 3 nitrogen and oxygen atoms in total. The second kappa shape index (κ2) is 7.94. The van der Waals surface area contributed by atoms with Crippen LogP contribution in [0.25, 0.3) is 0 Å². The third-order valence-corrected chi connectivity index (χ3v) is 4.64. The SMILES string of the molecule is Cc1cc(C)cc(OCC(O)CNCc2cc(Br)cs2)c1. The molecule has 0 spiro atoms. The second-order valence-electron chi connectivity index (χ2n) is 5.15. The Bertz CT molecular complexity index is 565. The number of rotatable bonds is 7. The number of nitrogens with one attached hydrogen (secondary N) is 1. The average molecular weight is 370 g/mol. The van der Waals surface area contributed by atoms with E-state index in [-0.39, 0.29) is 0 Å². The van der Waals surface area contributed by atoms with E-state index in [4.69, 9.17) is 4.74 Å². The summed E-state index contributed by atoms with van der Waals surface area (Å²) >= 11 is 5.12. The first-order valence-electron chi connectivity index (χ1n) is 6.86. The maximum Gasteiger partial charge on any atom is 0.119 e. The van der Waals surface area contributed by atoms with Crippen LogP contribution in [0.3, 0.4) is 0 Å². The molecule has 0 radical (unpaired) electrons. The number of halogens is 1. The summed E-state index contributed by atoms with van der Waals surface area (Å²) in [4.78, 5) is 1.24. The van der Waals surface area contributed by atoms with Crippen LogP contribution in [-0.2, 0) is 6.54 Å². The van der Waals surface area contributed by atoms with E-state index >= 15 is 0 Å². The minimum absolute atomic E-state index is 0.296. The van der Waals surface area contributed by atoms with Gasteiger partial charge in [0.1, 0.15) is 18.5 Å². The summed E-state index contributed by atoms with van der Waals surface area (Å²) in [6.07, 6.45) is -0.519. The highest BCUT2D eigenvalue weighted by atomic mass is 79.9. The van der Waals surface area contributed by atoms with Crippen LogP contribution >= 0.6 is 27.3 Å². The van der Waals surface area contributed by atoms with E-state index in [1.54, 1.807) is 11.3 Å². The fourth-order valence-corrected chi connectivity index (χ4v) is 3.50. The number of benzene rings is 1. The van der Waals surface area contributed by atoms with Gasteiger partial charge in [0.05, 0.1) is 0 Å². The first kappa shape index (κ1) is 16.5. The van der Waals surface area contributed by atoms with Gasteiger partial charge in [-0.15, -0.1) is 11.3 Å². The number of thiophene rings is 1. The zero-order valence-corrected chi connectivity index (χ0v) is 14.6. The monoisotopic (exact) mass is 369 g/mol. The molecule has 0 amide bonds. The topological polar surface area (TPSA) is 41.5 Å². The zero-order chi connectivity index (χ0) is 15.2. The van der Waals surface area contributed by atoms with Gasteiger partial charge in [0, 0.05) is 27.8 Å². The second-order valence-corrected chi connectivity index (χ2v) is 7.06. The molecule has 0 aliphatic heterocycles. The van der Waals surface area contributed by atoms with E-state index in [0.29, 0.717) is 13.2 Å². The number of ether oxygens (including phenoxy) is 1. The van der Waals surface area contributed by atoms with Gasteiger partial charge < -0.3 is 15.2 Å². The summed E-state index contributed by atoms with van der Waals surface area (Å²) in [5, 5.41) is 15.2. The molecule has 0 saturated carbocycles. The summed E-state index contributed by atoms with van der Waals surface area (Å²) in [6.45, 7) is 5.65. The molecule has 2 aromatic rings. The maximum absolute atomic E-state index is 9.94. The number of aryl methyl sites for hydroxylation is 2. The molecule has 21 heavy (non-hydrogen) atoms. The number of hydrogen-bond donors (Lipinski definition) is 2. The molecule has 1 aromatic carbocycles. The van der Waals surface area contributed by atoms with Gasteiger partial charge in [-0.2, -0.15) is 0 Å². The lowest BCUT2D eigenvalue weighted by Crippen LogP contribution is -2.31. The fraction of sp³-hybridized carbons (Fsp3) is 0.375. The van der Waals surface area contributed by atoms with E-state index in [1.165, 1.54) is 16.0 Å². The van der Waals surface area contributed by atoms with Crippen LogP contribution in [-0.4, -0.2) is 24.4 Å². The molecular weight excluding hydrogens is 350 g/mol. The molecular formula is C16H20BrNO2S. The lowest BCUT2D eigenvalue weighted by atomic mass is 10.1. The maximum atomic E-state index is 9.94. The molecule has 1 aromatic heterocycles. The van der Waals surface area contributed by atoms with E-state index in [9.17, 15) is 5.11 Å². The third-order valence-electron chi connectivity index (χ3n) is 2.94. The van der Waals surface area contributed by atoms with Crippen LogP contribution in [0.1, 0.15) is 16.0 Å². The molecule has 1 atom stereocenters. The smallest absolute Gasteiger partial charge is 0.119 e. The molecule has 1 unspecified atom stereocenters. The van der Waals surface area contributed by atoms with Crippen molar-refractivity contribution in [3.8, 4) is 5.75 Å². The Balaban J connectivity index is 1.70. The Morgan fingerprint density at radius 2 is 1.95 bits per heavy atom. The van der Waals surface area contributed by atoms with E-state index in [2.05, 4.69) is 38.8 Å². The summed E-state index contributed by atoms with van der Waals surface area (Å²) in [7, 11) is 0. The standard InChI is InChI=1S/C16H20BrNO2S/c1-11-3-12(2)5-15(4-11)20-9-14(19)7-18-8-16-6-13(17)10-21-16/h3-6,10,14,18-19H,7-9H2,1-2H3. The van der Waals surface area contributed by atoms with Crippen molar-refractivity contribution in [3.63, 3.8) is 0 Å². The minimum atomic E-state index is -0.519. The Labute approximate surface area is 138 Å². The van der Waals surface area contributed by atoms with Gasteiger partial charge in [-0.05, 0) is 59.1 Å². The molecule has 0 aliphatic carbocycles. The predicted octanol–water partition coefficient (Wildman–Crippen LogP) is 3.66. The van der Waals surface area contributed by atoms with Crippen molar-refractivity contribution < 1.29 is 9.84 Å². The van der Waals surface area contributed by atoms with Crippen LogP contribution < -0.4 is 10.1 Å². The van der Waals surface area contributed by atoms with Gasteiger partial charge >= 0.3 is 0 Å². The van der Waals surface area contributed by atoms with Gasteiger partial charge in [0.25, 0.3) is 0 Å². The van der Waals surface area contributed by atoms with Crippen molar-refractivity contribution in [2.24, 2.45) is 0 Å². The zero-order valence-electron chi connectivity index (χ0n) is 12.2. The van der Waals surface area contributed by atoms with Crippen LogP contribution in [0.15, 0.2) is 34.1 Å². The van der Waals surface area contributed by atoms with Crippen molar-refractivity contribution in [2.75, 3.05) is 13.2 Å². The summed E-state index contributed by atoms with van der Waals surface area (Å²) in [6, 6.07) is 8.15. The summed E-state index contributed by atoms with van der Waals surface area (Å²) in [5.41, 5.74) is 2.33. The third kappa shape index (κ3) is 5.79. The van der Waals surface area contributed by atoms with Crippen LogP contribution in [0.4, 0.5) is 0 Å². The van der Waals surface area contributed by atoms with Gasteiger partial charge in [0.15, 0.2) is 0 Å². The van der Waals surface area contributed by atoms with E-state index in [1.807, 2.05) is 26.0 Å². The fourth-order valence-electron chi connectivity index (χ4n) is 2.08. The molecule has 0 fully saturated rings. The Morgan fingerprint density at radius 3 is 2.57 bits per heavy atom.